The van der Waals surface area contributed by atoms with Gasteiger partial charge in [-0.25, -0.2) is 9.97 Å². The molecular formula is C18H21ClF3N5. The Labute approximate surface area is 161 Å². The van der Waals surface area contributed by atoms with Crippen LogP contribution in [0.4, 0.5) is 30.5 Å². The largest absolute Gasteiger partial charge is 0.416 e. The number of alkyl halides is 3. The predicted molar refractivity (Wildman–Crippen MR) is 101 cm³/mol. The molecular weight excluding hydrogens is 379 g/mol. The monoisotopic (exact) mass is 399 g/mol. The first-order chi connectivity index (χ1) is 12.8. The number of halogens is 4. The first-order valence-corrected chi connectivity index (χ1v) is 9.11. The number of aromatic nitrogens is 2. The van der Waals surface area contributed by atoms with Gasteiger partial charge in [-0.15, -0.1) is 0 Å². The zero-order valence-electron chi connectivity index (χ0n) is 15.1. The van der Waals surface area contributed by atoms with Gasteiger partial charge in [0.1, 0.15) is 17.5 Å². The number of piperazine rings is 1. The maximum absolute atomic E-state index is 13.0. The lowest BCUT2D eigenvalue weighted by molar-refractivity contribution is -0.137. The molecule has 1 fully saturated rings. The average Bonchev–Trinajstić information content (AvgIpc) is 2.62. The minimum Gasteiger partial charge on any atom is -0.354 e. The Bertz CT molecular complexity index is 804. The lowest BCUT2D eigenvalue weighted by atomic mass is 10.2. The molecule has 1 aromatic carbocycles. The van der Waals surface area contributed by atoms with Crippen LogP contribution in [0.3, 0.4) is 0 Å². The van der Waals surface area contributed by atoms with Crippen LogP contribution in [0.25, 0.3) is 0 Å². The number of aryl methyl sites for hydroxylation is 1. The van der Waals surface area contributed by atoms with E-state index in [9.17, 15) is 13.2 Å². The molecule has 27 heavy (non-hydrogen) atoms. The van der Waals surface area contributed by atoms with Crippen molar-refractivity contribution in [3.63, 3.8) is 0 Å². The highest BCUT2D eigenvalue weighted by molar-refractivity contribution is 6.33. The number of benzene rings is 1. The second-order valence-corrected chi connectivity index (χ2v) is 6.80. The molecule has 0 aliphatic carbocycles. The Morgan fingerprint density at radius 3 is 2.44 bits per heavy atom. The van der Waals surface area contributed by atoms with Gasteiger partial charge in [0.2, 0.25) is 0 Å². The summed E-state index contributed by atoms with van der Waals surface area (Å²) >= 11 is 6.07. The summed E-state index contributed by atoms with van der Waals surface area (Å²) < 4.78 is 38.9. The van der Waals surface area contributed by atoms with Gasteiger partial charge in [0.05, 0.1) is 16.3 Å². The van der Waals surface area contributed by atoms with Crippen LogP contribution in [0, 0.1) is 6.92 Å². The van der Waals surface area contributed by atoms with E-state index in [0.29, 0.717) is 11.6 Å². The van der Waals surface area contributed by atoms with E-state index < -0.39 is 11.7 Å². The fourth-order valence-corrected chi connectivity index (χ4v) is 3.17. The van der Waals surface area contributed by atoms with E-state index in [2.05, 4.69) is 32.0 Å². The van der Waals surface area contributed by atoms with Crippen LogP contribution >= 0.6 is 11.6 Å². The van der Waals surface area contributed by atoms with Gasteiger partial charge in [-0.1, -0.05) is 18.5 Å². The smallest absolute Gasteiger partial charge is 0.354 e. The Kier molecular flexibility index (Phi) is 5.76. The van der Waals surface area contributed by atoms with Gasteiger partial charge in [-0.3, -0.25) is 0 Å². The minimum absolute atomic E-state index is 0.159. The molecule has 0 spiro atoms. The molecule has 5 nitrogen and oxygen atoms in total. The van der Waals surface area contributed by atoms with Crippen LogP contribution in [-0.4, -0.2) is 47.6 Å². The number of rotatable bonds is 4. The van der Waals surface area contributed by atoms with E-state index in [1.807, 2.05) is 0 Å². The number of likely N-dealkylation sites (N-methyl/N-ethyl adjacent to an activating group) is 1. The SMILES string of the molecule is CCN1CCN(c2cc(Nc3cc(C(F)(F)F)ccc3Cl)nc(C)n2)CC1. The molecule has 1 saturated heterocycles. The molecule has 0 bridgehead atoms. The van der Waals surface area contributed by atoms with Gasteiger partial charge in [0.25, 0.3) is 0 Å². The van der Waals surface area contributed by atoms with Crippen molar-refractivity contribution in [3.8, 4) is 0 Å². The van der Waals surface area contributed by atoms with Gasteiger partial charge in [0.15, 0.2) is 0 Å². The van der Waals surface area contributed by atoms with Crippen LogP contribution in [0.2, 0.25) is 5.02 Å². The van der Waals surface area contributed by atoms with Gasteiger partial charge >= 0.3 is 6.18 Å². The van der Waals surface area contributed by atoms with Crippen molar-refractivity contribution in [2.24, 2.45) is 0 Å². The third-order valence-electron chi connectivity index (χ3n) is 4.52. The molecule has 9 heteroatoms. The summed E-state index contributed by atoms with van der Waals surface area (Å²) in [6.07, 6.45) is -4.44. The highest BCUT2D eigenvalue weighted by Crippen LogP contribution is 2.35. The molecule has 3 rings (SSSR count). The summed E-state index contributed by atoms with van der Waals surface area (Å²) in [5.41, 5.74) is -0.609. The summed E-state index contributed by atoms with van der Waals surface area (Å²) in [7, 11) is 0. The van der Waals surface area contributed by atoms with Crippen LogP contribution in [0.15, 0.2) is 24.3 Å². The molecule has 2 aromatic rings. The molecule has 0 atom stereocenters. The molecule has 2 heterocycles. The van der Waals surface area contributed by atoms with Crippen molar-refractivity contribution < 1.29 is 13.2 Å². The van der Waals surface area contributed by atoms with Crippen molar-refractivity contribution in [1.82, 2.24) is 14.9 Å². The van der Waals surface area contributed by atoms with Crippen LogP contribution in [0.5, 0.6) is 0 Å². The minimum atomic E-state index is -4.44. The Morgan fingerprint density at radius 2 is 1.81 bits per heavy atom. The van der Waals surface area contributed by atoms with E-state index in [1.165, 1.54) is 6.07 Å². The van der Waals surface area contributed by atoms with E-state index >= 15 is 0 Å². The second kappa shape index (κ2) is 7.90. The summed E-state index contributed by atoms with van der Waals surface area (Å²) in [5.74, 6) is 1.71. The van der Waals surface area contributed by atoms with E-state index in [4.69, 9.17) is 11.6 Å². The lowest BCUT2D eigenvalue weighted by Gasteiger charge is -2.34. The number of hydrogen-bond acceptors (Lipinski definition) is 5. The molecule has 0 radical (unpaired) electrons. The van der Waals surface area contributed by atoms with Gasteiger partial charge < -0.3 is 15.1 Å². The van der Waals surface area contributed by atoms with Crippen molar-refractivity contribution in [2.45, 2.75) is 20.0 Å². The highest BCUT2D eigenvalue weighted by Gasteiger charge is 2.31. The molecule has 1 aliphatic rings. The van der Waals surface area contributed by atoms with Crippen molar-refractivity contribution in [2.75, 3.05) is 42.9 Å². The maximum Gasteiger partial charge on any atom is 0.416 e. The van der Waals surface area contributed by atoms with Gasteiger partial charge in [0, 0.05) is 32.2 Å². The molecule has 146 valence electrons. The highest BCUT2D eigenvalue weighted by atomic mass is 35.5. The predicted octanol–water partition coefficient (Wildman–Crippen LogP) is 4.34. The quantitative estimate of drug-likeness (QED) is 0.828. The number of nitrogens with zero attached hydrogens (tertiary/aromatic N) is 4. The van der Waals surface area contributed by atoms with Crippen LogP contribution in [-0.2, 0) is 6.18 Å². The summed E-state index contributed by atoms with van der Waals surface area (Å²) in [6, 6.07) is 4.91. The normalized spacial score (nSPS) is 15.9. The molecule has 0 saturated carbocycles. The third-order valence-corrected chi connectivity index (χ3v) is 4.85. The van der Waals surface area contributed by atoms with Crippen molar-refractivity contribution in [1.29, 1.82) is 0 Å². The molecule has 1 N–H and O–H groups in total. The zero-order valence-corrected chi connectivity index (χ0v) is 15.9. The third kappa shape index (κ3) is 4.81. The van der Waals surface area contributed by atoms with Crippen LogP contribution < -0.4 is 10.2 Å². The van der Waals surface area contributed by atoms with E-state index in [-0.39, 0.29) is 10.7 Å². The molecule has 0 unspecified atom stereocenters. The fourth-order valence-electron chi connectivity index (χ4n) is 3.01. The first kappa shape index (κ1) is 19.7. The standard InChI is InChI=1S/C18H21ClF3N5/c1-3-26-6-8-27(9-7-26)17-11-16(23-12(2)24-17)25-15-10-13(18(20,21)22)4-5-14(15)19/h4-5,10-11H,3,6-9H2,1-2H3,(H,23,24,25). The topological polar surface area (TPSA) is 44.3 Å². The maximum atomic E-state index is 13.0. The Balaban J connectivity index is 1.83. The Hall–Kier alpha value is -2.06. The Morgan fingerprint density at radius 1 is 1.11 bits per heavy atom. The first-order valence-electron chi connectivity index (χ1n) is 8.73. The van der Waals surface area contributed by atoms with Crippen molar-refractivity contribution >= 4 is 28.9 Å². The van der Waals surface area contributed by atoms with Gasteiger partial charge in [-0.2, -0.15) is 13.2 Å². The number of anilines is 3. The average molecular weight is 400 g/mol. The van der Waals surface area contributed by atoms with Crippen LogP contribution in [0.1, 0.15) is 18.3 Å². The molecule has 1 aromatic heterocycles. The number of hydrogen-bond donors (Lipinski definition) is 1. The summed E-state index contributed by atoms with van der Waals surface area (Å²) in [4.78, 5) is 13.3. The summed E-state index contributed by atoms with van der Waals surface area (Å²) in [5, 5.41) is 3.10. The summed E-state index contributed by atoms with van der Waals surface area (Å²) in [6.45, 7) is 8.47. The van der Waals surface area contributed by atoms with Crippen molar-refractivity contribution in [3.05, 3.63) is 40.7 Å². The second-order valence-electron chi connectivity index (χ2n) is 6.40. The van der Waals surface area contributed by atoms with E-state index in [1.54, 1.807) is 13.0 Å². The molecule has 0 amide bonds. The fraction of sp³-hybridized carbons (Fsp3) is 0.444. The van der Waals surface area contributed by atoms with Gasteiger partial charge in [-0.05, 0) is 31.7 Å². The van der Waals surface area contributed by atoms with E-state index in [0.717, 1.165) is 50.7 Å². The zero-order chi connectivity index (χ0) is 19.6. The lowest BCUT2D eigenvalue weighted by Crippen LogP contribution is -2.46. The number of nitrogens with one attached hydrogen (secondary N) is 1. The molecule has 1 aliphatic heterocycles.